The number of alkyl halides is 3. The van der Waals surface area contributed by atoms with E-state index in [1.54, 1.807) is 18.2 Å². The molecule has 4 nitrogen and oxygen atoms in total. The van der Waals surface area contributed by atoms with Crippen LogP contribution in [-0.4, -0.2) is 47.8 Å². The number of unbranched alkanes of at least 4 members (excludes halogenated alkanes) is 1. The van der Waals surface area contributed by atoms with Gasteiger partial charge in [-0.3, -0.25) is 19.4 Å². The number of benzene rings is 3. The number of imide groups is 1. The van der Waals surface area contributed by atoms with Gasteiger partial charge in [-0.15, -0.1) is 0 Å². The van der Waals surface area contributed by atoms with Crippen molar-refractivity contribution in [2.45, 2.75) is 25.4 Å². The first kappa shape index (κ1) is 23.3. The molecule has 2 heterocycles. The molecule has 180 valence electrons. The van der Waals surface area contributed by atoms with Gasteiger partial charge in [0.1, 0.15) is 0 Å². The quantitative estimate of drug-likeness (QED) is 0.321. The van der Waals surface area contributed by atoms with Crippen LogP contribution >= 0.6 is 0 Å². The van der Waals surface area contributed by atoms with E-state index in [-0.39, 0.29) is 11.8 Å². The van der Waals surface area contributed by atoms with Gasteiger partial charge in [-0.25, -0.2) is 0 Å². The van der Waals surface area contributed by atoms with Crippen LogP contribution in [0, 0.1) is 0 Å². The number of rotatable bonds is 6. The molecule has 3 aromatic carbocycles. The molecule has 0 fully saturated rings. The maximum Gasteiger partial charge on any atom is 0.416 e. The maximum atomic E-state index is 13.0. The third-order valence-electron chi connectivity index (χ3n) is 6.82. The van der Waals surface area contributed by atoms with Crippen molar-refractivity contribution in [2.24, 2.45) is 0 Å². The van der Waals surface area contributed by atoms with Crippen molar-refractivity contribution in [3.05, 3.63) is 89.0 Å². The van der Waals surface area contributed by atoms with Crippen LogP contribution < -0.4 is 0 Å². The van der Waals surface area contributed by atoms with Crippen molar-refractivity contribution in [3.63, 3.8) is 0 Å². The van der Waals surface area contributed by atoms with E-state index >= 15 is 0 Å². The normalized spacial score (nSPS) is 16.7. The molecule has 2 aliphatic rings. The standard InChI is InChI=1S/C28H25F3N2O2/c29-28(30,31)22-9-3-8-21(18-22)19-12-16-32(17-13-19)14-1-2-15-33-26(34)23-10-4-6-20-7-5-11-24(25(20)23)27(33)35/h3-12,18H,1-2,13-17H2. The zero-order chi connectivity index (χ0) is 24.6. The molecule has 0 radical (unpaired) electrons. The van der Waals surface area contributed by atoms with Gasteiger partial charge in [-0.05, 0) is 66.6 Å². The summed E-state index contributed by atoms with van der Waals surface area (Å²) in [5, 5.41) is 1.63. The Kier molecular flexibility index (Phi) is 6.19. The minimum Gasteiger partial charge on any atom is -0.299 e. The van der Waals surface area contributed by atoms with E-state index in [1.807, 2.05) is 30.3 Å². The lowest BCUT2D eigenvalue weighted by Crippen LogP contribution is -2.41. The summed E-state index contributed by atoms with van der Waals surface area (Å²) in [6.45, 7) is 2.60. The monoisotopic (exact) mass is 478 g/mol. The van der Waals surface area contributed by atoms with Crippen LogP contribution in [0.5, 0.6) is 0 Å². The van der Waals surface area contributed by atoms with Crippen molar-refractivity contribution < 1.29 is 22.8 Å². The molecule has 3 aromatic rings. The summed E-state index contributed by atoms with van der Waals surface area (Å²) in [5.41, 5.74) is 2.07. The molecule has 5 rings (SSSR count). The van der Waals surface area contributed by atoms with Gasteiger partial charge in [0.15, 0.2) is 0 Å². The molecule has 0 spiro atoms. The number of amides is 2. The zero-order valence-corrected chi connectivity index (χ0v) is 19.1. The molecule has 0 bridgehead atoms. The van der Waals surface area contributed by atoms with Crippen molar-refractivity contribution >= 4 is 28.2 Å². The van der Waals surface area contributed by atoms with Crippen molar-refractivity contribution in [2.75, 3.05) is 26.2 Å². The Hall–Kier alpha value is -3.45. The van der Waals surface area contributed by atoms with Gasteiger partial charge in [-0.1, -0.05) is 42.5 Å². The molecule has 35 heavy (non-hydrogen) atoms. The lowest BCUT2D eigenvalue weighted by molar-refractivity contribution is -0.137. The Morgan fingerprint density at radius 1 is 0.829 bits per heavy atom. The van der Waals surface area contributed by atoms with E-state index in [0.29, 0.717) is 42.6 Å². The van der Waals surface area contributed by atoms with Crippen molar-refractivity contribution in [1.82, 2.24) is 9.80 Å². The summed E-state index contributed by atoms with van der Waals surface area (Å²) in [4.78, 5) is 29.6. The van der Waals surface area contributed by atoms with Crippen LogP contribution in [0.4, 0.5) is 13.2 Å². The molecular formula is C28H25F3N2O2. The predicted octanol–water partition coefficient (Wildman–Crippen LogP) is 6.02. The number of hydrogen-bond donors (Lipinski definition) is 0. The van der Waals surface area contributed by atoms with Gasteiger partial charge in [0, 0.05) is 36.1 Å². The highest BCUT2D eigenvalue weighted by molar-refractivity contribution is 6.25. The summed E-state index contributed by atoms with van der Waals surface area (Å²) in [6, 6.07) is 16.5. The highest BCUT2D eigenvalue weighted by Crippen LogP contribution is 2.33. The van der Waals surface area contributed by atoms with Gasteiger partial charge >= 0.3 is 6.18 Å². The molecule has 0 aromatic heterocycles. The highest BCUT2D eigenvalue weighted by atomic mass is 19.4. The van der Waals surface area contributed by atoms with Crippen LogP contribution in [0.25, 0.3) is 16.3 Å². The molecular weight excluding hydrogens is 453 g/mol. The second-order valence-corrected chi connectivity index (χ2v) is 9.04. The highest BCUT2D eigenvalue weighted by Gasteiger charge is 2.32. The van der Waals surface area contributed by atoms with E-state index in [2.05, 4.69) is 4.90 Å². The van der Waals surface area contributed by atoms with E-state index in [1.165, 1.54) is 17.0 Å². The number of hydrogen-bond acceptors (Lipinski definition) is 3. The lowest BCUT2D eigenvalue weighted by atomic mass is 9.94. The van der Waals surface area contributed by atoms with E-state index in [4.69, 9.17) is 0 Å². The smallest absolute Gasteiger partial charge is 0.299 e. The third-order valence-corrected chi connectivity index (χ3v) is 6.82. The van der Waals surface area contributed by atoms with Crippen LogP contribution in [0.15, 0.2) is 66.7 Å². The van der Waals surface area contributed by atoms with Crippen molar-refractivity contribution in [1.29, 1.82) is 0 Å². The lowest BCUT2D eigenvalue weighted by Gasteiger charge is -2.28. The topological polar surface area (TPSA) is 40.6 Å². The summed E-state index contributed by atoms with van der Waals surface area (Å²) >= 11 is 0. The van der Waals surface area contributed by atoms with Crippen molar-refractivity contribution in [3.8, 4) is 0 Å². The molecule has 2 amide bonds. The Morgan fingerprint density at radius 2 is 1.49 bits per heavy atom. The second-order valence-electron chi connectivity index (χ2n) is 9.04. The average Bonchev–Trinajstić information content (AvgIpc) is 2.86. The molecule has 0 aliphatic carbocycles. The summed E-state index contributed by atoms with van der Waals surface area (Å²) < 4.78 is 39.0. The SMILES string of the molecule is O=C1c2cccc3cccc(c23)C(=O)N1CCCCN1CC=C(c2cccc(C(F)(F)F)c2)CC1. The van der Waals surface area contributed by atoms with Crippen LogP contribution in [0.3, 0.4) is 0 Å². The second kappa shape index (κ2) is 9.30. The minimum atomic E-state index is -4.34. The number of carbonyl (C=O) groups excluding carboxylic acids is 2. The minimum absolute atomic E-state index is 0.245. The molecule has 7 heteroatoms. The fraction of sp³-hybridized carbons (Fsp3) is 0.286. The number of halogens is 3. The molecule has 0 saturated carbocycles. The fourth-order valence-electron chi connectivity index (χ4n) is 4.96. The first-order valence-electron chi connectivity index (χ1n) is 11.8. The number of nitrogens with zero attached hydrogens (tertiary/aromatic N) is 2. The van der Waals surface area contributed by atoms with Gasteiger partial charge in [0.2, 0.25) is 0 Å². The van der Waals surface area contributed by atoms with Crippen LogP contribution in [0.1, 0.15) is 51.1 Å². The summed E-state index contributed by atoms with van der Waals surface area (Å²) in [6.07, 6.45) is -0.158. The van der Waals surface area contributed by atoms with Crippen LogP contribution in [0.2, 0.25) is 0 Å². The molecule has 0 N–H and O–H groups in total. The maximum absolute atomic E-state index is 13.0. The molecule has 0 unspecified atom stereocenters. The van der Waals surface area contributed by atoms with E-state index in [9.17, 15) is 22.8 Å². The predicted molar refractivity (Wildman–Crippen MR) is 129 cm³/mol. The molecule has 0 saturated heterocycles. The Morgan fingerprint density at radius 3 is 2.11 bits per heavy atom. The molecule has 0 atom stereocenters. The first-order chi connectivity index (χ1) is 16.8. The van der Waals surface area contributed by atoms with E-state index < -0.39 is 11.7 Å². The van der Waals surface area contributed by atoms with Gasteiger partial charge < -0.3 is 0 Å². The van der Waals surface area contributed by atoms with Gasteiger partial charge in [-0.2, -0.15) is 13.2 Å². The van der Waals surface area contributed by atoms with Crippen LogP contribution in [-0.2, 0) is 6.18 Å². The van der Waals surface area contributed by atoms with E-state index in [0.717, 1.165) is 41.9 Å². The summed E-state index contributed by atoms with van der Waals surface area (Å²) in [7, 11) is 0. The molecule has 2 aliphatic heterocycles. The number of carbonyl (C=O) groups is 2. The average molecular weight is 479 g/mol. The Bertz CT molecular complexity index is 1280. The first-order valence-corrected chi connectivity index (χ1v) is 11.8. The van der Waals surface area contributed by atoms with Gasteiger partial charge in [0.05, 0.1) is 5.56 Å². The summed E-state index contributed by atoms with van der Waals surface area (Å²) in [5.74, 6) is -0.489. The zero-order valence-electron chi connectivity index (χ0n) is 19.1. The van der Waals surface area contributed by atoms with Gasteiger partial charge in [0.25, 0.3) is 11.8 Å². The largest absolute Gasteiger partial charge is 0.416 e. The fourth-order valence-corrected chi connectivity index (χ4v) is 4.96. The Labute approximate surface area is 201 Å². The Balaban J connectivity index is 1.16. The third kappa shape index (κ3) is 4.60.